The zero-order valence-electron chi connectivity index (χ0n) is 13.5. The monoisotopic (exact) mass is 341 g/mol. The number of carbonyl (C=O) groups excluding carboxylic acids is 1. The molecular weight excluding hydrogens is 325 g/mol. The van der Waals surface area contributed by atoms with Crippen LogP contribution < -0.4 is 11.3 Å². The van der Waals surface area contributed by atoms with Crippen molar-refractivity contribution in [3.63, 3.8) is 0 Å². The Labute approximate surface area is 142 Å². The average molecular weight is 341 g/mol. The van der Waals surface area contributed by atoms with Crippen LogP contribution in [0.25, 0.3) is 16.6 Å². The smallest absolute Gasteiger partial charge is 0.405 e. The van der Waals surface area contributed by atoms with E-state index >= 15 is 0 Å². The molecule has 0 spiro atoms. The largest absolute Gasteiger partial charge is 0.438 e. The topological polar surface area (TPSA) is 87.2 Å². The molecule has 6 nitrogen and oxygen atoms in total. The molecule has 2 aromatic carbocycles. The summed E-state index contributed by atoms with van der Waals surface area (Å²) in [4.78, 5) is 28.6. The van der Waals surface area contributed by atoms with Gasteiger partial charge < -0.3 is 10.5 Å². The van der Waals surface area contributed by atoms with Gasteiger partial charge in [0.1, 0.15) is 11.2 Å². The molecule has 1 atom stereocenters. The summed E-state index contributed by atoms with van der Waals surface area (Å²) < 4.78 is 20.6. The number of ether oxygens (including phenoxy) is 1. The van der Waals surface area contributed by atoms with Gasteiger partial charge in [0, 0.05) is 0 Å². The molecule has 1 heterocycles. The molecule has 0 saturated carbocycles. The van der Waals surface area contributed by atoms with Crippen molar-refractivity contribution in [2.24, 2.45) is 5.73 Å². The maximum Gasteiger partial charge on any atom is 0.405 e. The maximum absolute atomic E-state index is 14.2. The molecule has 0 aliphatic heterocycles. The minimum absolute atomic E-state index is 0.121. The predicted octanol–water partition coefficient (Wildman–Crippen LogP) is 3.07. The molecule has 0 fully saturated rings. The van der Waals surface area contributed by atoms with E-state index in [1.54, 1.807) is 37.3 Å². The summed E-state index contributed by atoms with van der Waals surface area (Å²) in [6, 6.07) is 12.9. The van der Waals surface area contributed by atoms with Crippen LogP contribution in [0.4, 0.5) is 9.18 Å². The SMILES string of the molecule is CCC(OC(N)=O)c1nc2cccc(F)c2c(=O)n1-c1ccccc1. The van der Waals surface area contributed by atoms with Crippen LogP contribution in [0.3, 0.4) is 0 Å². The van der Waals surface area contributed by atoms with Crippen molar-refractivity contribution in [2.45, 2.75) is 19.4 Å². The lowest BCUT2D eigenvalue weighted by Crippen LogP contribution is -2.28. The molecule has 0 aliphatic rings. The molecule has 1 aromatic heterocycles. The van der Waals surface area contributed by atoms with Gasteiger partial charge in [0.2, 0.25) is 0 Å². The van der Waals surface area contributed by atoms with Gasteiger partial charge in [0.05, 0.1) is 11.2 Å². The Balaban J connectivity index is 2.38. The molecule has 0 bridgehead atoms. The highest BCUT2D eigenvalue weighted by molar-refractivity contribution is 5.78. The number of aromatic nitrogens is 2. The number of amides is 1. The van der Waals surface area contributed by atoms with Gasteiger partial charge in [0.25, 0.3) is 5.56 Å². The number of para-hydroxylation sites is 1. The second-order valence-electron chi connectivity index (χ2n) is 5.41. The van der Waals surface area contributed by atoms with E-state index in [9.17, 15) is 14.0 Å². The Morgan fingerprint density at radius 1 is 1.24 bits per heavy atom. The van der Waals surface area contributed by atoms with E-state index in [2.05, 4.69) is 4.98 Å². The minimum Gasteiger partial charge on any atom is -0.438 e. The highest BCUT2D eigenvalue weighted by Gasteiger charge is 2.23. The van der Waals surface area contributed by atoms with Crippen LogP contribution in [0.1, 0.15) is 25.3 Å². The van der Waals surface area contributed by atoms with Crippen molar-refractivity contribution in [1.82, 2.24) is 9.55 Å². The molecular formula is C18H16FN3O3. The van der Waals surface area contributed by atoms with Gasteiger partial charge in [-0.1, -0.05) is 31.2 Å². The van der Waals surface area contributed by atoms with Crippen LogP contribution in [0.15, 0.2) is 53.3 Å². The maximum atomic E-state index is 14.2. The fourth-order valence-electron chi connectivity index (χ4n) is 2.71. The van der Waals surface area contributed by atoms with Gasteiger partial charge in [-0.25, -0.2) is 14.2 Å². The van der Waals surface area contributed by atoms with Gasteiger partial charge in [0.15, 0.2) is 11.9 Å². The number of benzene rings is 2. The molecule has 2 N–H and O–H groups in total. The van der Waals surface area contributed by atoms with Gasteiger partial charge in [-0.3, -0.25) is 9.36 Å². The molecule has 3 rings (SSSR count). The third-order valence-electron chi connectivity index (χ3n) is 3.80. The number of fused-ring (bicyclic) bond motifs is 1. The van der Waals surface area contributed by atoms with Crippen molar-refractivity contribution >= 4 is 17.0 Å². The van der Waals surface area contributed by atoms with Crippen LogP contribution in [0, 0.1) is 5.82 Å². The quantitative estimate of drug-likeness (QED) is 0.790. The Kier molecular flexibility index (Phi) is 4.47. The number of rotatable bonds is 4. The van der Waals surface area contributed by atoms with E-state index < -0.39 is 23.6 Å². The fourth-order valence-corrected chi connectivity index (χ4v) is 2.71. The normalized spacial score (nSPS) is 12.1. The third kappa shape index (κ3) is 3.08. The summed E-state index contributed by atoms with van der Waals surface area (Å²) in [5, 5.41) is -0.121. The molecule has 0 saturated heterocycles. The molecule has 1 amide bonds. The van der Waals surface area contributed by atoms with E-state index in [0.29, 0.717) is 12.1 Å². The highest BCUT2D eigenvalue weighted by atomic mass is 19.1. The van der Waals surface area contributed by atoms with Crippen LogP contribution >= 0.6 is 0 Å². The summed E-state index contributed by atoms with van der Waals surface area (Å²) in [7, 11) is 0. The first kappa shape index (κ1) is 16.6. The van der Waals surface area contributed by atoms with Crippen molar-refractivity contribution in [2.75, 3.05) is 0 Å². The molecule has 0 aliphatic carbocycles. The van der Waals surface area contributed by atoms with Crippen molar-refractivity contribution in [3.05, 3.63) is 70.5 Å². The molecule has 3 aromatic rings. The van der Waals surface area contributed by atoms with Crippen LogP contribution in [0.2, 0.25) is 0 Å². The molecule has 1 unspecified atom stereocenters. The van der Waals surface area contributed by atoms with Gasteiger partial charge in [-0.05, 0) is 30.7 Å². The van der Waals surface area contributed by atoms with Crippen LogP contribution in [0.5, 0.6) is 0 Å². The third-order valence-corrected chi connectivity index (χ3v) is 3.80. The number of nitrogens with zero attached hydrogens (tertiary/aromatic N) is 2. The first-order valence-electron chi connectivity index (χ1n) is 7.75. The van der Waals surface area contributed by atoms with E-state index in [-0.39, 0.29) is 16.7 Å². The van der Waals surface area contributed by atoms with Crippen LogP contribution in [-0.4, -0.2) is 15.6 Å². The van der Waals surface area contributed by atoms with Gasteiger partial charge >= 0.3 is 6.09 Å². The predicted molar refractivity (Wildman–Crippen MR) is 91.0 cm³/mol. The van der Waals surface area contributed by atoms with E-state index in [4.69, 9.17) is 10.5 Å². The summed E-state index contributed by atoms with van der Waals surface area (Å²) >= 11 is 0. The van der Waals surface area contributed by atoms with Gasteiger partial charge in [-0.2, -0.15) is 0 Å². The summed E-state index contributed by atoms with van der Waals surface area (Å²) in [6.07, 6.45) is -1.46. The van der Waals surface area contributed by atoms with Gasteiger partial charge in [-0.15, -0.1) is 0 Å². The van der Waals surface area contributed by atoms with Crippen LogP contribution in [-0.2, 0) is 4.74 Å². The average Bonchev–Trinajstić information content (AvgIpc) is 2.60. The Bertz CT molecular complexity index is 986. The number of nitrogens with two attached hydrogens (primary N) is 1. The zero-order valence-corrected chi connectivity index (χ0v) is 13.5. The lowest BCUT2D eigenvalue weighted by molar-refractivity contribution is 0.0976. The van der Waals surface area contributed by atoms with Crippen molar-refractivity contribution in [3.8, 4) is 5.69 Å². The summed E-state index contributed by atoms with van der Waals surface area (Å²) in [6.45, 7) is 1.77. The first-order valence-corrected chi connectivity index (χ1v) is 7.75. The van der Waals surface area contributed by atoms with E-state index in [1.807, 2.05) is 0 Å². The first-order chi connectivity index (χ1) is 12.0. The van der Waals surface area contributed by atoms with E-state index in [1.165, 1.54) is 22.8 Å². The number of halogens is 1. The van der Waals surface area contributed by atoms with Crippen molar-refractivity contribution in [1.29, 1.82) is 0 Å². The molecule has 25 heavy (non-hydrogen) atoms. The summed E-state index contributed by atoms with van der Waals surface area (Å²) in [5.41, 5.74) is 5.25. The zero-order chi connectivity index (χ0) is 18.0. The summed E-state index contributed by atoms with van der Waals surface area (Å²) in [5.74, 6) is -0.467. The minimum atomic E-state index is -0.972. The number of primary amides is 1. The Morgan fingerprint density at radius 2 is 1.96 bits per heavy atom. The second-order valence-corrected chi connectivity index (χ2v) is 5.41. The number of hydrogen-bond donors (Lipinski definition) is 1. The highest BCUT2D eigenvalue weighted by Crippen LogP contribution is 2.24. The van der Waals surface area contributed by atoms with E-state index in [0.717, 1.165) is 0 Å². The molecule has 7 heteroatoms. The fraction of sp³-hybridized carbons (Fsp3) is 0.167. The van der Waals surface area contributed by atoms with Crippen molar-refractivity contribution < 1.29 is 13.9 Å². The molecule has 128 valence electrons. The standard InChI is InChI=1S/C18H16FN3O3/c1-2-14(25-18(20)24)16-21-13-10-6-9-12(19)15(13)17(23)22(16)11-7-4-3-5-8-11/h3-10,14H,2H2,1H3,(H2,20,24). The molecule has 0 radical (unpaired) electrons. The second kappa shape index (κ2) is 6.72. The Hall–Kier alpha value is -3.22. The number of hydrogen-bond acceptors (Lipinski definition) is 4. The Morgan fingerprint density at radius 3 is 2.60 bits per heavy atom. The lowest BCUT2D eigenvalue weighted by Gasteiger charge is -2.20. The lowest BCUT2D eigenvalue weighted by atomic mass is 10.2. The number of carbonyl (C=O) groups is 1.